The summed E-state index contributed by atoms with van der Waals surface area (Å²) in [7, 11) is 0. The van der Waals surface area contributed by atoms with Gasteiger partial charge in [0.25, 0.3) is 0 Å². The minimum Gasteiger partial charge on any atom is -0.285 e. The molecule has 2 fully saturated rings. The number of hydrogen-bond acceptors (Lipinski definition) is 1. The van der Waals surface area contributed by atoms with E-state index >= 15 is 0 Å². The van der Waals surface area contributed by atoms with Crippen LogP contribution in [0.25, 0.3) is 0 Å². The predicted octanol–water partition coefficient (Wildman–Crippen LogP) is 4.36. The van der Waals surface area contributed by atoms with E-state index in [2.05, 4.69) is 18.8 Å². The smallest absolute Gasteiger partial charge is 0.202 e. The van der Waals surface area contributed by atoms with Gasteiger partial charge in [-0.3, -0.25) is 4.79 Å². The minimum absolute atomic E-state index is 0.0313. The molecule has 0 bridgehead atoms. The maximum absolute atomic E-state index is 11.2. The molecule has 1 nitrogen and oxygen atoms in total. The third-order valence-electron chi connectivity index (χ3n) is 4.95. The molecule has 1 heteroatoms. The number of hydrogen-bond donors (Lipinski definition) is 0. The Bertz CT molecular complexity index is 352. The number of rotatable bonds is 1. The molecular formula is C17H26O. The van der Waals surface area contributed by atoms with Crippen molar-refractivity contribution in [2.75, 3.05) is 0 Å². The topological polar surface area (TPSA) is 17.1 Å². The average Bonchev–Trinajstić information content (AvgIpc) is 2.37. The van der Waals surface area contributed by atoms with Crippen molar-refractivity contribution in [2.24, 2.45) is 17.3 Å². The lowest BCUT2D eigenvalue weighted by atomic mass is 9.61. The third-order valence-corrected chi connectivity index (χ3v) is 4.95. The fourth-order valence-electron chi connectivity index (χ4n) is 3.97. The molecule has 1 unspecified atom stereocenters. The summed E-state index contributed by atoms with van der Waals surface area (Å²) in [5.41, 5.74) is 0.179. The van der Waals surface area contributed by atoms with Gasteiger partial charge in [-0.2, -0.15) is 0 Å². The summed E-state index contributed by atoms with van der Waals surface area (Å²) >= 11 is 0. The second-order valence-corrected chi connectivity index (χ2v) is 6.49. The molecule has 0 aromatic heterocycles. The van der Waals surface area contributed by atoms with E-state index in [1.165, 1.54) is 57.8 Å². The van der Waals surface area contributed by atoms with Gasteiger partial charge in [0.1, 0.15) is 0 Å². The number of ketones is 1. The van der Waals surface area contributed by atoms with Crippen LogP contribution < -0.4 is 0 Å². The van der Waals surface area contributed by atoms with Crippen LogP contribution in [0.15, 0.2) is 0 Å². The molecule has 0 saturated heterocycles. The van der Waals surface area contributed by atoms with Crippen LogP contribution in [0.4, 0.5) is 0 Å². The highest BCUT2D eigenvalue weighted by Crippen LogP contribution is 2.48. The van der Waals surface area contributed by atoms with Gasteiger partial charge in [-0.05, 0) is 43.4 Å². The molecule has 0 spiro atoms. The second-order valence-electron chi connectivity index (χ2n) is 6.49. The molecule has 0 aliphatic heterocycles. The van der Waals surface area contributed by atoms with Crippen LogP contribution in [0.3, 0.4) is 0 Å². The van der Waals surface area contributed by atoms with Crippen molar-refractivity contribution in [3.8, 4) is 11.8 Å². The van der Waals surface area contributed by atoms with E-state index in [9.17, 15) is 4.79 Å². The maximum Gasteiger partial charge on any atom is 0.202 e. The van der Waals surface area contributed by atoms with Crippen molar-refractivity contribution in [1.29, 1.82) is 0 Å². The zero-order valence-electron chi connectivity index (χ0n) is 11.9. The number of Topliss-reactive ketones (excluding diaryl/α,β-unsaturated/α-hetero) is 1. The summed E-state index contributed by atoms with van der Waals surface area (Å²) < 4.78 is 0. The van der Waals surface area contributed by atoms with Crippen molar-refractivity contribution < 1.29 is 4.79 Å². The summed E-state index contributed by atoms with van der Waals surface area (Å²) in [5, 5.41) is 0. The van der Waals surface area contributed by atoms with E-state index in [-0.39, 0.29) is 11.2 Å². The lowest BCUT2D eigenvalue weighted by Gasteiger charge is -2.43. The molecule has 2 rings (SSSR count). The van der Waals surface area contributed by atoms with Crippen molar-refractivity contribution in [1.82, 2.24) is 0 Å². The Labute approximate surface area is 112 Å². The first-order valence-electron chi connectivity index (χ1n) is 7.66. The van der Waals surface area contributed by atoms with Gasteiger partial charge in [0.2, 0.25) is 5.78 Å². The molecule has 18 heavy (non-hydrogen) atoms. The minimum atomic E-state index is 0.0313. The third kappa shape index (κ3) is 3.16. The van der Waals surface area contributed by atoms with E-state index in [0.717, 1.165) is 11.8 Å². The molecule has 0 heterocycles. The molecule has 2 atom stereocenters. The van der Waals surface area contributed by atoms with Crippen molar-refractivity contribution in [2.45, 2.75) is 71.6 Å². The summed E-state index contributed by atoms with van der Waals surface area (Å²) in [5.74, 6) is 7.93. The molecule has 2 aliphatic carbocycles. The Balaban J connectivity index is 2.18. The van der Waals surface area contributed by atoms with Gasteiger partial charge in [0.15, 0.2) is 0 Å². The van der Waals surface area contributed by atoms with E-state index in [4.69, 9.17) is 0 Å². The van der Waals surface area contributed by atoms with Gasteiger partial charge in [-0.15, -0.1) is 0 Å². The van der Waals surface area contributed by atoms with Gasteiger partial charge in [-0.25, -0.2) is 0 Å². The molecule has 0 aromatic carbocycles. The highest BCUT2D eigenvalue weighted by molar-refractivity contribution is 5.93. The molecule has 0 aromatic rings. The van der Waals surface area contributed by atoms with Gasteiger partial charge in [-0.1, -0.05) is 44.9 Å². The van der Waals surface area contributed by atoms with Crippen molar-refractivity contribution in [3.63, 3.8) is 0 Å². The maximum atomic E-state index is 11.2. The molecule has 100 valence electrons. The van der Waals surface area contributed by atoms with Crippen LogP contribution in [-0.4, -0.2) is 5.78 Å². The highest BCUT2D eigenvalue weighted by atomic mass is 16.1. The fourth-order valence-corrected chi connectivity index (χ4v) is 3.97. The number of carbonyl (C=O) groups excluding carboxylic acids is 1. The molecule has 0 amide bonds. The average molecular weight is 246 g/mol. The molecule has 2 saturated carbocycles. The molecule has 0 radical (unpaired) electrons. The van der Waals surface area contributed by atoms with Gasteiger partial charge >= 0.3 is 0 Å². The Hall–Kier alpha value is -0.770. The van der Waals surface area contributed by atoms with E-state index in [1.807, 2.05) is 0 Å². The molecule has 0 N–H and O–H groups in total. The summed E-state index contributed by atoms with van der Waals surface area (Å²) in [4.78, 5) is 11.2. The first-order valence-corrected chi connectivity index (χ1v) is 7.66. The van der Waals surface area contributed by atoms with Gasteiger partial charge in [0.05, 0.1) is 0 Å². The van der Waals surface area contributed by atoms with Crippen LogP contribution in [0.1, 0.15) is 71.6 Å². The van der Waals surface area contributed by atoms with Gasteiger partial charge in [0, 0.05) is 12.3 Å². The van der Waals surface area contributed by atoms with E-state index in [0.29, 0.717) is 0 Å². The summed E-state index contributed by atoms with van der Waals surface area (Å²) in [6.45, 7) is 3.97. The summed E-state index contributed by atoms with van der Waals surface area (Å²) in [6.07, 6.45) is 11.8. The molecule has 2 aliphatic rings. The summed E-state index contributed by atoms with van der Waals surface area (Å²) in [6, 6.07) is 0. The van der Waals surface area contributed by atoms with Crippen LogP contribution >= 0.6 is 0 Å². The van der Waals surface area contributed by atoms with Gasteiger partial charge < -0.3 is 0 Å². The lowest BCUT2D eigenvalue weighted by molar-refractivity contribution is -0.111. The van der Waals surface area contributed by atoms with E-state index in [1.54, 1.807) is 6.92 Å². The SMILES string of the molecule is CC(=O)C#CC1([C@@H]2CCCC(C)C2)CCCCC1. The lowest BCUT2D eigenvalue weighted by Crippen LogP contribution is -2.34. The zero-order valence-corrected chi connectivity index (χ0v) is 11.9. The van der Waals surface area contributed by atoms with Crippen LogP contribution in [0.5, 0.6) is 0 Å². The predicted molar refractivity (Wildman–Crippen MR) is 75.1 cm³/mol. The normalized spacial score (nSPS) is 31.2. The van der Waals surface area contributed by atoms with Crippen LogP contribution in [0, 0.1) is 29.1 Å². The standard InChI is InChI=1S/C17H26O/c1-14-7-6-8-16(13-14)17(12-9-15(2)18)10-4-3-5-11-17/h14,16H,3-8,10-11,13H2,1-2H3/t14?,16-/m1/s1. The zero-order chi connectivity index (χ0) is 13.0. The number of carbonyl (C=O) groups is 1. The quantitative estimate of drug-likeness (QED) is 0.496. The fraction of sp³-hybridized carbons (Fsp3) is 0.824. The van der Waals surface area contributed by atoms with E-state index < -0.39 is 0 Å². The Morgan fingerprint density at radius 3 is 2.44 bits per heavy atom. The Morgan fingerprint density at radius 1 is 1.11 bits per heavy atom. The Kier molecular flexibility index (Phi) is 4.49. The largest absolute Gasteiger partial charge is 0.285 e. The van der Waals surface area contributed by atoms with Crippen molar-refractivity contribution in [3.05, 3.63) is 0 Å². The Morgan fingerprint density at radius 2 is 1.83 bits per heavy atom. The highest BCUT2D eigenvalue weighted by Gasteiger charge is 2.39. The van der Waals surface area contributed by atoms with Crippen molar-refractivity contribution >= 4 is 5.78 Å². The first kappa shape index (κ1) is 13.7. The monoisotopic (exact) mass is 246 g/mol. The van der Waals surface area contributed by atoms with Crippen LogP contribution in [0.2, 0.25) is 0 Å². The first-order chi connectivity index (χ1) is 8.62. The van der Waals surface area contributed by atoms with Crippen LogP contribution in [-0.2, 0) is 4.79 Å². The second kappa shape index (κ2) is 5.91. The molecular weight excluding hydrogens is 220 g/mol.